The zero-order valence-electron chi connectivity index (χ0n) is 13.7. The van der Waals surface area contributed by atoms with Crippen molar-refractivity contribution >= 4 is 5.96 Å². The number of nitrogens with zero attached hydrogens (tertiary/aromatic N) is 3. The molecule has 1 aromatic carbocycles. The first-order chi connectivity index (χ1) is 10.6. The molecule has 1 aromatic rings. The number of likely N-dealkylation sites (N-methyl/N-ethyl adjacent to an activating group) is 2. The van der Waals surface area contributed by atoms with Crippen molar-refractivity contribution in [2.75, 3.05) is 20.6 Å². The van der Waals surface area contributed by atoms with Crippen LogP contribution in [0.1, 0.15) is 18.5 Å². The molecule has 2 unspecified atom stereocenters. The van der Waals surface area contributed by atoms with Crippen LogP contribution in [0, 0.1) is 0 Å². The number of rotatable bonds is 5. The Labute approximate surface area is 134 Å². The maximum atomic E-state index is 4.70. The van der Waals surface area contributed by atoms with E-state index < -0.39 is 0 Å². The molecule has 0 aliphatic carbocycles. The van der Waals surface area contributed by atoms with E-state index in [1.165, 1.54) is 5.56 Å². The molecule has 22 heavy (non-hydrogen) atoms. The van der Waals surface area contributed by atoms with Gasteiger partial charge in [-0.25, -0.2) is 0 Å². The first-order valence-corrected chi connectivity index (χ1v) is 7.60. The highest BCUT2D eigenvalue weighted by atomic mass is 15.4. The number of benzene rings is 1. The second-order valence-corrected chi connectivity index (χ2v) is 5.63. The fraction of sp³-hybridized carbons (Fsp3) is 0.316. The van der Waals surface area contributed by atoms with Crippen molar-refractivity contribution in [2.24, 2.45) is 4.99 Å². The van der Waals surface area contributed by atoms with E-state index in [9.17, 15) is 0 Å². The number of hydrogen-bond acceptors (Lipinski definition) is 3. The molecule has 1 aliphatic rings. The smallest absolute Gasteiger partial charge is 0.197 e. The van der Waals surface area contributed by atoms with Crippen LogP contribution in [0.5, 0.6) is 0 Å². The molecule has 0 amide bonds. The average Bonchev–Trinajstić information content (AvgIpc) is 2.87. The van der Waals surface area contributed by atoms with E-state index in [0.717, 1.165) is 18.1 Å². The van der Waals surface area contributed by atoms with E-state index in [4.69, 9.17) is 4.99 Å². The molecule has 116 valence electrons. The zero-order valence-corrected chi connectivity index (χ0v) is 13.7. The molecule has 0 N–H and O–H groups in total. The van der Waals surface area contributed by atoms with Crippen LogP contribution >= 0.6 is 0 Å². The lowest BCUT2D eigenvalue weighted by Crippen LogP contribution is -2.42. The fourth-order valence-electron chi connectivity index (χ4n) is 2.80. The molecule has 0 radical (unpaired) electrons. The summed E-state index contributed by atoms with van der Waals surface area (Å²) in [6.45, 7) is 10.8. The summed E-state index contributed by atoms with van der Waals surface area (Å²) in [5, 5.41) is 0. The van der Waals surface area contributed by atoms with Gasteiger partial charge in [-0.1, -0.05) is 61.7 Å². The standard InChI is InChI=1S/C19H25N3/c1-6-11-16(7-2)18(17-12-9-8-10-13-17)22(5)19-20-14-15(3)21(19)4/h6-13,15,18H,1-2,14H2,3-5H3/b16-11+. The third-order valence-corrected chi connectivity index (χ3v) is 4.15. The Bertz CT molecular complexity index is 586. The quantitative estimate of drug-likeness (QED) is 0.772. The molecule has 0 spiro atoms. The topological polar surface area (TPSA) is 18.8 Å². The van der Waals surface area contributed by atoms with E-state index in [-0.39, 0.29) is 6.04 Å². The molecular weight excluding hydrogens is 270 g/mol. The van der Waals surface area contributed by atoms with Crippen LogP contribution < -0.4 is 0 Å². The van der Waals surface area contributed by atoms with Crippen molar-refractivity contribution in [3.63, 3.8) is 0 Å². The molecule has 0 bridgehead atoms. The number of hydrogen-bond donors (Lipinski definition) is 0. The third kappa shape index (κ3) is 3.14. The van der Waals surface area contributed by atoms with Gasteiger partial charge < -0.3 is 9.80 Å². The van der Waals surface area contributed by atoms with Gasteiger partial charge in [-0.2, -0.15) is 0 Å². The molecule has 3 nitrogen and oxygen atoms in total. The summed E-state index contributed by atoms with van der Waals surface area (Å²) in [6.07, 6.45) is 5.72. The van der Waals surface area contributed by atoms with Crippen LogP contribution in [-0.2, 0) is 0 Å². The molecule has 1 heterocycles. The average molecular weight is 295 g/mol. The van der Waals surface area contributed by atoms with Gasteiger partial charge >= 0.3 is 0 Å². The largest absolute Gasteiger partial charge is 0.341 e. The minimum Gasteiger partial charge on any atom is -0.341 e. The highest BCUT2D eigenvalue weighted by Crippen LogP contribution is 2.30. The van der Waals surface area contributed by atoms with Crippen molar-refractivity contribution in [1.82, 2.24) is 9.80 Å². The lowest BCUT2D eigenvalue weighted by atomic mass is 9.97. The van der Waals surface area contributed by atoms with Gasteiger partial charge in [0.1, 0.15) is 0 Å². The normalized spacial score (nSPS) is 19.6. The second-order valence-electron chi connectivity index (χ2n) is 5.63. The molecule has 0 saturated carbocycles. The summed E-state index contributed by atoms with van der Waals surface area (Å²) >= 11 is 0. The van der Waals surface area contributed by atoms with Gasteiger partial charge in [-0.05, 0) is 18.1 Å². The molecule has 2 atom stereocenters. The lowest BCUT2D eigenvalue weighted by Gasteiger charge is -2.35. The van der Waals surface area contributed by atoms with Crippen molar-refractivity contribution in [3.8, 4) is 0 Å². The highest BCUT2D eigenvalue weighted by molar-refractivity contribution is 5.82. The van der Waals surface area contributed by atoms with Crippen molar-refractivity contribution in [3.05, 3.63) is 72.9 Å². The van der Waals surface area contributed by atoms with Crippen LogP contribution in [0.3, 0.4) is 0 Å². The Morgan fingerprint density at radius 2 is 2.05 bits per heavy atom. The van der Waals surface area contributed by atoms with E-state index in [2.05, 4.69) is 68.2 Å². The van der Waals surface area contributed by atoms with E-state index in [1.807, 2.05) is 24.3 Å². The summed E-state index contributed by atoms with van der Waals surface area (Å²) in [5.74, 6) is 1.01. The third-order valence-electron chi connectivity index (χ3n) is 4.15. The SMILES string of the molecule is C=C/C=C(\C=C)C(c1ccccc1)N(C)C1=NCC(C)N1C. The fourth-order valence-corrected chi connectivity index (χ4v) is 2.80. The van der Waals surface area contributed by atoms with E-state index >= 15 is 0 Å². The van der Waals surface area contributed by atoms with E-state index in [1.54, 1.807) is 0 Å². The summed E-state index contributed by atoms with van der Waals surface area (Å²) in [4.78, 5) is 9.15. The molecule has 3 heteroatoms. The Morgan fingerprint density at radius 3 is 2.55 bits per heavy atom. The van der Waals surface area contributed by atoms with Gasteiger partial charge in [0, 0.05) is 20.1 Å². The van der Waals surface area contributed by atoms with Crippen molar-refractivity contribution < 1.29 is 0 Å². The number of aliphatic imine (C=N–C) groups is 1. The molecule has 0 saturated heterocycles. The Balaban J connectivity index is 2.43. The monoisotopic (exact) mass is 295 g/mol. The summed E-state index contributed by atoms with van der Waals surface area (Å²) < 4.78 is 0. The predicted octanol–water partition coefficient (Wildman–Crippen LogP) is 3.65. The summed E-state index contributed by atoms with van der Waals surface area (Å²) in [7, 11) is 4.19. The van der Waals surface area contributed by atoms with Crippen LogP contribution in [0.15, 0.2) is 72.3 Å². The molecule has 0 aromatic heterocycles. The van der Waals surface area contributed by atoms with Gasteiger partial charge in [0.2, 0.25) is 0 Å². The minimum absolute atomic E-state index is 0.0724. The Hall–Kier alpha value is -2.29. The zero-order chi connectivity index (χ0) is 16.1. The second kappa shape index (κ2) is 7.12. The van der Waals surface area contributed by atoms with Gasteiger partial charge in [-0.3, -0.25) is 4.99 Å². The number of allylic oxidation sites excluding steroid dienone is 2. The minimum atomic E-state index is 0.0724. The molecule has 2 rings (SSSR count). The van der Waals surface area contributed by atoms with Gasteiger partial charge in [0.05, 0.1) is 12.6 Å². The Morgan fingerprint density at radius 1 is 1.36 bits per heavy atom. The maximum absolute atomic E-state index is 4.70. The lowest BCUT2D eigenvalue weighted by molar-refractivity contribution is 0.336. The molecule has 0 fully saturated rings. The first-order valence-electron chi connectivity index (χ1n) is 7.60. The summed E-state index contributed by atoms with van der Waals surface area (Å²) in [5.41, 5.74) is 2.33. The van der Waals surface area contributed by atoms with Crippen molar-refractivity contribution in [2.45, 2.75) is 19.0 Å². The van der Waals surface area contributed by atoms with Crippen LogP contribution in [0.25, 0.3) is 0 Å². The van der Waals surface area contributed by atoms with Crippen LogP contribution in [-0.4, -0.2) is 42.4 Å². The summed E-state index contributed by atoms with van der Waals surface area (Å²) in [6, 6.07) is 10.9. The van der Waals surface area contributed by atoms with Gasteiger partial charge in [0.15, 0.2) is 5.96 Å². The van der Waals surface area contributed by atoms with Gasteiger partial charge in [-0.15, -0.1) is 0 Å². The van der Waals surface area contributed by atoms with E-state index in [0.29, 0.717) is 6.04 Å². The van der Waals surface area contributed by atoms with Crippen LogP contribution in [0.4, 0.5) is 0 Å². The molecule has 1 aliphatic heterocycles. The first kappa shape index (κ1) is 16.1. The highest BCUT2D eigenvalue weighted by Gasteiger charge is 2.29. The van der Waals surface area contributed by atoms with Gasteiger partial charge in [0.25, 0.3) is 0 Å². The number of guanidine groups is 1. The van der Waals surface area contributed by atoms with Crippen molar-refractivity contribution in [1.29, 1.82) is 0 Å². The Kier molecular flexibility index (Phi) is 5.21. The molecular formula is C19H25N3. The maximum Gasteiger partial charge on any atom is 0.197 e. The van der Waals surface area contributed by atoms with Crippen LogP contribution in [0.2, 0.25) is 0 Å². The predicted molar refractivity (Wildman–Crippen MR) is 95.0 cm³/mol.